The first-order chi connectivity index (χ1) is 6.79. The summed E-state index contributed by atoms with van der Waals surface area (Å²) in [6, 6.07) is -0.858. The second kappa shape index (κ2) is 5.70. The molecule has 0 unspecified atom stereocenters. The summed E-state index contributed by atoms with van der Waals surface area (Å²) in [5, 5.41) is 14.3. The molecule has 5 nitrogen and oxygen atoms in total. The SMILES string of the molecule is CCNCC(=O)N[C@@H](C(=O)O)C(C)(C)C. The van der Waals surface area contributed by atoms with Gasteiger partial charge in [0.2, 0.25) is 5.91 Å². The van der Waals surface area contributed by atoms with E-state index in [2.05, 4.69) is 10.6 Å². The predicted octanol–water partition coefficient (Wildman–Crippen LogP) is 0.211. The molecule has 0 bridgehead atoms. The Morgan fingerprint density at radius 1 is 1.33 bits per heavy atom. The quantitative estimate of drug-likeness (QED) is 0.614. The molecule has 0 aromatic rings. The highest BCUT2D eigenvalue weighted by molar-refractivity contribution is 5.85. The Kier molecular flexibility index (Phi) is 5.28. The third-order valence-electron chi connectivity index (χ3n) is 1.95. The van der Waals surface area contributed by atoms with E-state index in [-0.39, 0.29) is 12.5 Å². The summed E-state index contributed by atoms with van der Waals surface area (Å²) in [4.78, 5) is 22.2. The number of carboxylic acid groups (broad SMARTS) is 1. The van der Waals surface area contributed by atoms with E-state index in [4.69, 9.17) is 5.11 Å². The van der Waals surface area contributed by atoms with Crippen molar-refractivity contribution >= 4 is 11.9 Å². The molecule has 0 aromatic heterocycles. The number of hydrogen-bond acceptors (Lipinski definition) is 3. The van der Waals surface area contributed by atoms with Crippen LogP contribution in [0.1, 0.15) is 27.7 Å². The minimum atomic E-state index is -1.01. The Labute approximate surface area is 90.2 Å². The van der Waals surface area contributed by atoms with Gasteiger partial charge in [-0.2, -0.15) is 0 Å². The first-order valence-corrected chi connectivity index (χ1v) is 5.02. The molecule has 0 aliphatic carbocycles. The molecule has 0 heterocycles. The highest BCUT2D eigenvalue weighted by atomic mass is 16.4. The van der Waals surface area contributed by atoms with Crippen LogP contribution in [0.5, 0.6) is 0 Å². The predicted molar refractivity (Wildman–Crippen MR) is 57.6 cm³/mol. The molecule has 0 aliphatic heterocycles. The largest absolute Gasteiger partial charge is 0.480 e. The zero-order valence-electron chi connectivity index (χ0n) is 9.76. The lowest BCUT2D eigenvalue weighted by Gasteiger charge is -2.27. The van der Waals surface area contributed by atoms with Crippen LogP contribution in [0.3, 0.4) is 0 Å². The highest BCUT2D eigenvalue weighted by Gasteiger charge is 2.32. The van der Waals surface area contributed by atoms with E-state index in [1.54, 1.807) is 20.8 Å². The van der Waals surface area contributed by atoms with E-state index in [9.17, 15) is 9.59 Å². The van der Waals surface area contributed by atoms with Crippen molar-refractivity contribution in [1.29, 1.82) is 0 Å². The zero-order valence-corrected chi connectivity index (χ0v) is 9.76. The molecule has 88 valence electrons. The number of likely N-dealkylation sites (N-methyl/N-ethyl adjacent to an activating group) is 1. The van der Waals surface area contributed by atoms with Gasteiger partial charge in [0.25, 0.3) is 0 Å². The van der Waals surface area contributed by atoms with Crippen molar-refractivity contribution in [2.45, 2.75) is 33.7 Å². The lowest BCUT2D eigenvalue weighted by atomic mass is 9.87. The number of nitrogens with one attached hydrogen (secondary N) is 2. The molecule has 5 heteroatoms. The van der Waals surface area contributed by atoms with Crippen LogP contribution >= 0.6 is 0 Å². The van der Waals surface area contributed by atoms with Gasteiger partial charge in [-0.1, -0.05) is 27.7 Å². The van der Waals surface area contributed by atoms with Gasteiger partial charge in [0.15, 0.2) is 0 Å². The average molecular weight is 216 g/mol. The summed E-state index contributed by atoms with van der Waals surface area (Å²) >= 11 is 0. The number of carboxylic acids is 1. The monoisotopic (exact) mass is 216 g/mol. The molecule has 0 radical (unpaired) electrons. The van der Waals surface area contributed by atoms with Gasteiger partial charge in [-0.15, -0.1) is 0 Å². The van der Waals surface area contributed by atoms with Crippen LogP contribution in [0.4, 0.5) is 0 Å². The van der Waals surface area contributed by atoms with E-state index in [0.717, 1.165) is 0 Å². The van der Waals surface area contributed by atoms with Crippen molar-refractivity contribution in [2.75, 3.05) is 13.1 Å². The first kappa shape index (κ1) is 13.9. The van der Waals surface area contributed by atoms with Gasteiger partial charge in [-0.05, 0) is 12.0 Å². The minimum absolute atomic E-state index is 0.149. The molecular weight excluding hydrogens is 196 g/mol. The molecule has 1 amide bonds. The Morgan fingerprint density at radius 3 is 2.20 bits per heavy atom. The number of carbonyl (C=O) groups is 2. The van der Waals surface area contributed by atoms with Crippen molar-refractivity contribution in [1.82, 2.24) is 10.6 Å². The fraction of sp³-hybridized carbons (Fsp3) is 0.800. The smallest absolute Gasteiger partial charge is 0.326 e. The van der Waals surface area contributed by atoms with Crippen LogP contribution in [0, 0.1) is 5.41 Å². The van der Waals surface area contributed by atoms with Crippen LogP contribution < -0.4 is 10.6 Å². The lowest BCUT2D eigenvalue weighted by Crippen LogP contribution is -2.51. The van der Waals surface area contributed by atoms with Crippen molar-refractivity contribution in [3.63, 3.8) is 0 Å². The Bertz CT molecular complexity index is 233. The maximum Gasteiger partial charge on any atom is 0.326 e. The van der Waals surface area contributed by atoms with Gasteiger partial charge >= 0.3 is 5.97 Å². The molecule has 3 N–H and O–H groups in total. The lowest BCUT2D eigenvalue weighted by molar-refractivity contribution is -0.144. The number of amides is 1. The van der Waals surface area contributed by atoms with Crippen LogP contribution in [0.15, 0.2) is 0 Å². The van der Waals surface area contributed by atoms with Crippen molar-refractivity contribution in [3.8, 4) is 0 Å². The molecule has 0 saturated heterocycles. The van der Waals surface area contributed by atoms with Crippen molar-refractivity contribution in [3.05, 3.63) is 0 Å². The average Bonchev–Trinajstić information content (AvgIpc) is 2.08. The van der Waals surface area contributed by atoms with E-state index in [0.29, 0.717) is 6.54 Å². The second-order valence-corrected chi connectivity index (χ2v) is 4.49. The fourth-order valence-electron chi connectivity index (χ4n) is 1.10. The number of carbonyl (C=O) groups excluding carboxylic acids is 1. The topological polar surface area (TPSA) is 78.4 Å². The first-order valence-electron chi connectivity index (χ1n) is 5.02. The van der Waals surface area contributed by atoms with Gasteiger partial charge in [-0.3, -0.25) is 4.79 Å². The minimum Gasteiger partial charge on any atom is -0.480 e. The summed E-state index contributed by atoms with van der Waals surface area (Å²) in [5.74, 6) is -1.30. The maximum atomic E-state index is 11.3. The van der Waals surface area contributed by atoms with Crippen LogP contribution in [-0.4, -0.2) is 36.1 Å². The molecule has 0 rings (SSSR count). The molecule has 0 saturated carbocycles. The van der Waals surface area contributed by atoms with Gasteiger partial charge in [0.05, 0.1) is 6.54 Å². The van der Waals surface area contributed by atoms with E-state index >= 15 is 0 Å². The Hall–Kier alpha value is -1.10. The van der Waals surface area contributed by atoms with Gasteiger partial charge in [0.1, 0.15) is 6.04 Å². The van der Waals surface area contributed by atoms with Gasteiger partial charge in [-0.25, -0.2) is 4.79 Å². The zero-order chi connectivity index (χ0) is 12.1. The molecule has 15 heavy (non-hydrogen) atoms. The normalized spacial score (nSPS) is 13.3. The molecule has 0 fully saturated rings. The van der Waals surface area contributed by atoms with Crippen LogP contribution in [0.25, 0.3) is 0 Å². The number of rotatable bonds is 5. The molecule has 1 atom stereocenters. The fourth-order valence-corrected chi connectivity index (χ4v) is 1.10. The van der Waals surface area contributed by atoms with E-state index < -0.39 is 17.4 Å². The third-order valence-corrected chi connectivity index (χ3v) is 1.95. The van der Waals surface area contributed by atoms with E-state index in [1.165, 1.54) is 0 Å². The standard InChI is InChI=1S/C10H20N2O3/c1-5-11-6-7(13)12-8(9(14)15)10(2,3)4/h8,11H,5-6H2,1-4H3,(H,12,13)(H,14,15)/t8-/m0/s1. The molecule has 0 aliphatic rings. The summed E-state index contributed by atoms with van der Waals surface area (Å²) in [6.07, 6.45) is 0. The molecular formula is C10H20N2O3. The van der Waals surface area contributed by atoms with Gasteiger partial charge in [0, 0.05) is 0 Å². The molecule has 0 spiro atoms. The van der Waals surface area contributed by atoms with Crippen molar-refractivity contribution in [2.24, 2.45) is 5.41 Å². The summed E-state index contributed by atoms with van der Waals surface area (Å²) in [6.45, 7) is 8.04. The summed E-state index contributed by atoms with van der Waals surface area (Å²) < 4.78 is 0. The van der Waals surface area contributed by atoms with Crippen LogP contribution in [0.2, 0.25) is 0 Å². The Balaban J connectivity index is 4.31. The second-order valence-electron chi connectivity index (χ2n) is 4.49. The van der Waals surface area contributed by atoms with E-state index in [1.807, 2.05) is 6.92 Å². The van der Waals surface area contributed by atoms with Crippen LogP contribution in [-0.2, 0) is 9.59 Å². The summed E-state index contributed by atoms with van der Waals surface area (Å²) in [7, 11) is 0. The third kappa shape index (κ3) is 5.37. The summed E-state index contributed by atoms with van der Waals surface area (Å²) in [5.41, 5.74) is -0.492. The van der Waals surface area contributed by atoms with Gasteiger partial charge < -0.3 is 15.7 Å². The highest BCUT2D eigenvalue weighted by Crippen LogP contribution is 2.19. The Morgan fingerprint density at radius 2 is 1.87 bits per heavy atom. The maximum absolute atomic E-state index is 11.3. The molecule has 0 aromatic carbocycles. The number of aliphatic carboxylic acids is 1. The number of hydrogen-bond donors (Lipinski definition) is 3. The van der Waals surface area contributed by atoms with Crippen molar-refractivity contribution < 1.29 is 14.7 Å².